The molecule has 0 aliphatic carbocycles. The Bertz CT molecular complexity index is 147. The molecular formula is C11H18. The van der Waals surface area contributed by atoms with Crippen molar-refractivity contribution in [2.75, 3.05) is 0 Å². The molecule has 0 aliphatic heterocycles. The monoisotopic (exact) mass is 150 g/mol. The highest BCUT2D eigenvalue weighted by atomic mass is 13.8. The van der Waals surface area contributed by atoms with Gasteiger partial charge in [0.15, 0.2) is 0 Å². The number of hydrogen-bond donors (Lipinski definition) is 0. The molecule has 0 saturated carbocycles. The molecule has 0 atom stereocenters. The van der Waals surface area contributed by atoms with Crippen molar-refractivity contribution in [1.29, 1.82) is 0 Å². The van der Waals surface area contributed by atoms with Crippen molar-refractivity contribution < 1.29 is 0 Å². The van der Waals surface area contributed by atoms with Crippen molar-refractivity contribution in [2.45, 2.75) is 20.8 Å². The summed E-state index contributed by atoms with van der Waals surface area (Å²) in [6.07, 6.45) is 9.48. The van der Waals surface area contributed by atoms with E-state index in [2.05, 4.69) is 13.2 Å². The van der Waals surface area contributed by atoms with Gasteiger partial charge in [0.25, 0.3) is 0 Å². The van der Waals surface area contributed by atoms with Crippen molar-refractivity contribution in [3.05, 3.63) is 49.1 Å². The molecule has 0 radical (unpaired) electrons. The van der Waals surface area contributed by atoms with Crippen LogP contribution in [0.3, 0.4) is 0 Å². The van der Waals surface area contributed by atoms with Gasteiger partial charge in [0.05, 0.1) is 0 Å². The van der Waals surface area contributed by atoms with Crippen molar-refractivity contribution in [3.63, 3.8) is 0 Å². The number of hydrogen-bond acceptors (Lipinski definition) is 0. The van der Waals surface area contributed by atoms with Crippen LogP contribution in [-0.2, 0) is 0 Å². The van der Waals surface area contributed by atoms with Gasteiger partial charge >= 0.3 is 0 Å². The third-order valence-electron chi connectivity index (χ3n) is 0.876. The molecule has 0 aromatic heterocycles. The summed E-state index contributed by atoms with van der Waals surface area (Å²) in [5, 5.41) is 0. The van der Waals surface area contributed by atoms with Crippen LogP contribution in [0.15, 0.2) is 49.1 Å². The van der Waals surface area contributed by atoms with Crippen LogP contribution in [-0.4, -0.2) is 0 Å². The van der Waals surface area contributed by atoms with Gasteiger partial charge < -0.3 is 0 Å². The average molecular weight is 150 g/mol. The zero-order valence-corrected chi connectivity index (χ0v) is 7.80. The maximum atomic E-state index is 3.71. The maximum absolute atomic E-state index is 3.71. The van der Waals surface area contributed by atoms with Gasteiger partial charge in [-0.05, 0) is 12.5 Å². The van der Waals surface area contributed by atoms with E-state index in [1.54, 1.807) is 6.08 Å². The lowest BCUT2D eigenvalue weighted by atomic mass is 10.3. The normalized spacial score (nSPS) is 9.36. The zero-order valence-electron chi connectivity index (χ0n) is 7.80. The number of rotatable bonds is 3. The molecule has 0 saturated heterocycles. The lowest BCUT2D eigenvalue weighted by molar-refractivity contribution is 1.50. The minimum Gasteiger partial charge on any atom is -0.0985 e. The Morgan fingerprint density at radius 3 is 2.09 bits per heavy atom. The highest BCUT2D eigenvalue weighted by molar-refractivity contribution is 5.27. The molecule has 0 heteroatoms. The van der Waals surface area contributed by atoms with E-state index >= 15 is 0 Å². The van der Waals surface area contributed by atoms with Gasteiger partial charge in [-0.15, -0.1) is 0 Å². The summed E-state index contributed by atoms with van der Waals surface area (Å²) < 4.78 is 0. The lowest BCUT2D eigenvalue weighted by Crippen LogP contribution is -1.60. The van der Waals surface area contributed by atoms with Crippen molar-refractivity contribution in [2.24, 2.45) is 0 Å². The summed E-state index contributed by atoms with van der Waals surface area (Å²) in [6, 6.07) is 0. The Morgan fingerprint density at radius 1 is 1.18 bits per heavy atom. The van der Waals surface area contributed by atoms with Gasteiger partial charge in [0.1, 0.15) is 0 Å². The van der Waals surface area contributed by atoms with Crippen LogP contribution in [0, 0.1) is 0 Å². The smallest absolute Gasteiger partial charge is 0.0335 e. The van der Waals surface area contributed by atoms with E-state index in [1.807, 2.05) is 45.1 Å². The molecule has 0 aromatic carbocycles. The fourth-order valence-corrected chi connectivity index (χ4v) is 0.358. The second kappa shape index (κ2) is 11.7. The largest absolute Gasteiger partial charge is 0.0985 e. The van der Waals surface area contributed by atoms with Gasteiger partial charge in [-0.25, -0.2) is 0 Å². The summed E-state index contributed by atoms with van der Waals surface area (Å²) >= 11 is 0. The SMILES string of the molecule is C=CC(=C)/C=C\C=C/C.CC. The fourth-order valence-electron chi connectivity index (χ4n) is 0.358. The molecule has 0 spiro atoms. The fraction of sp³-hybridized carbons (Fsp3) is 0.273. The maximum Gasteiger partial charge on any atom is -0.0335 e. The van der Waals surface area contributed by atoms with Crippen LogP contribution in [0.25, 0.3) is 0 Å². The third-order valence-corrected chi connectivity index (χ3v) is 0.876. The van der Waals surface area contributed by atoms with Crippen LogP contribution in [0.5, 0.6) is 0 Å². The molecular weight excluding hydrogens is 132 g/mol. The van der Waals surface area contributed by atoms with Crippen molar-refractivity contribution in [3.8, 4) is 0 Å². The summed E-state index contributed by atoms with van der Waals surface area (Å²) in [5.74, 6) is 0. The summed E-state index contributed by atoms with van der Waals surface area (Å²) in [5.41, 5.74) is 0.938. The first-order valence-corrected chi connectivity index (χ1v) is 3.92. The predicted molar refractivity (Wildman–Crippen MR) is 54.6 cm³/mol. The van der Waals surface area contributed by atoms with Crippen LogP contribution in [0.1, 0.15) is 20.8 Å². The zero-order chi connectivity index (χ0) is 9.11. The lowest BCUT2D eigenvalue weighted by Gasteiger charge is -1.81. The Balaban J connectivity index is 0. The van der Waals surface area contributed by atoms with Crippen LogP contribution >= 0.6 is 0 Å². The van der Waals surface area contributed by atoms with Gasteiger partial charge in [-0.1, -0.05) is 57.4 Å². The van der Waals surface area contributed by atoms with E-state index in [4.69, 9.17) is 0 Å². The molecule has 0 aromatic rings. The van der Waals surface area contributed by atoms with E-state index in [0.717, 1.165) is 5.57 Å². The second-order valence-corrected chi connectivity index (χ2v) is 1.66. The molecule has 0 bridgehead atoms. The molecule has 0 fully saturated rings. The van der Waals surface area contributed by atoms with Crippen molar-refractivity contribution >= 4 is 0 Å². The average Bonchev–Trinajstić information content (AvgIpc) is 2.08. The van der Waals surface area contributed by atoms with Gasteiger partial charge in [0, 0.05) is 0 Å². The Hall–Kier alpha value is -1.04. The molecule has 0 unspecified atom stereocenters. The molecule has 0 heterocycles. The first-order valence-electron chi connectivity index (χ1n) is 3.92. The first kappa shape index (κ1) is 12.6. The number of allylic oxidation sites excluding steroid dienone is 6. The standard InChI is InChI=1S/C9H12.C2H6/c1-4-6-7-8-9(3)5-2;1-2/h4-8H,2-3H2,1H3;1-2H3/b6-4-,8-7-;. The van der Waals surface area contributed by atoms with Gasteiger partial charge in [0.2, 0.25) is 0 Å². The van der Waals surface area contributed by atoms with E-state index in [1.165, 1.54) is 0 Å². The molecule has 0 rings (SSSR count). The van der Waals surface area contributed by atoms with Crippen molar-refractivity contribution in [1.82, 2.24) is 0 Å². The summed E-state index contributed by atoms with van der Waals surface area (Å²) in [4.78, 5) is 0. The van der Waals surface area contributed by atoms with Gasteiger partial charge in [-0.2, -0.15) is 0 Å². The topological polar surface area (TPSA) is 0 Å². The second-order valence-electron chi connectivity index (χ2n) is 1.66. The Labute approximate surface area is 70.6 Å². The minimum atomic E-state index is 0.938. The van der Waals surface area contributed by atoms with Crippen LogP contribution in [0.2, 0.25) is 0 Å². The summed E-state index contributed by atoms with van der Waals surface area (Å²) in [7, 11) is 0. The van der Waals surface area contributed by atoms with E-state index < -0.39 is 0 Å². The molecule has 0 amide bonds. The molecule has 11 heavy (non-hydrogen) atoms. The van der Waals surface area contributed by atoms with Gasteiger partial charge in [-0.3, -0.25) is 0 Å². The third kappa shape index (κ3) is 12.2. The molecule has 0 nitrogen and oxygen atoms in total. The van der Waals surface area contributed by atoms with E-state index in [9.17, 15) is 0 Å². The quantitative estimate of drug-likeness (QED) is 0.535. The highest BCUT2D eigenvalue weighted by Crippen LogP contribution is 1.92. The first-order chi connectivity index (χ1) is 5.31. The molecule has 0 N–H and O–H groups in total. The highest BCUT2D eigenvalue weighted by Gasteiger charge is 1.71. The Kier molecular flexibility index (Phi) is 13.4. The molecule has 0 aliphatic rings. The predicted octanol–water partition coefficient (Wildman–Crippen LogP) is 3.89. The summed E-state index contributed by atoms with van der Waals surface area (Å²) in [6.45, 7) is 13.2. The van der Waals surface area contributed by atoms with Crippen LogP contribution < -0.4 is 0 Å². The minimum absolute atomic E-state index is 0.938. The Morgan fingerprint density at radius 2 is 1.73 bits per heavy atom. The molecule has 62 valence electrons. The van der Waals surface area contributed by atoms with Crippen LogP contribution in [0.4, 0.5) is 0 Å². The van der Waals surface area contributed by atoms with E-state index in [-0.39, 0.29) is 0 Å². The van der Waals surface area contributed by atoms with E-state index in [0.29, 0.717) is 0 Å².